The molecular formula is C20H31N5O. The standard InChI is InChI=1S/C20H31N5O/c1-4-12-25-18-8-6-5-7-17(18)22-20(25)24-13-9-16(10-14-24)19(26)21-11-15-23(2)3/h5-8,16H,4,9-15H2,1-3H3,(H,21,26). The number of rotatable bonds is 7. The van der Waals surface area contributed by atoms with Crippen LogP contribution in [0.2, 0.25) is 0 Å². The SMILES string of the molecule is CCCn1c(N2CCC(C(=O)NCCN(C)C)CC2)nc2ccccc21. The van der Waals surface area contributed by atoms with Crippen LogP contribution in [0.3, 0.4) is 0 Å². The lowest BCUT2D eigenvalue weighted by molar-refractivity contribution is -0.125. The number of nitrogens with one attached hydrogen (secondary N) is 1. The lowest BCUT2D eigenvalue weighted by atomic mass is 9.96. The summed E-state index contributed by atoms with van der Waals surface area (Å²) >= 11 is 0. The van der Waals surface area contributed by atoms with Gasteiger partial charge in [0.1, 0.15) is 0 Å². The Morgan fingerprint density at radius 2 is 2.00 bits per heavy atom. The highest BCUT2D eigenvalue weighted by molar-refractivity contribution is 5.80. The van der Waals surface area contributed by atoms with Gasteiger partial charge in [0.05, 0.1) is 11.0 Å². The number of para-hydroxylation sites is 2. The molecule has 2 heterocycles. The molecule has 0 radical (unpaired) electrons. The highest BCUT2D eigenvalue weighted by Crippen LogP contribution is 2.27. The Morgan fingerprint density at radius 1 is 1.27 bits per heavy atom. The van der Waals surface area contributed by atoms with Gasteiger partial charge in [0, 0.05) is 38.6 Å². The van der Waals surface area contributed by atoms with Gasteiger partial charge < -0.3 is 19.7 Å². The number of carbonyl (C=O) groups is 1. The quantitative estimate of drug-likeness (QED) is 0.826. The molecule has 1 aromatic carbocycles. The van der Waals surface area contributed by atoms with E-state index < -0.39 is 0 Å². The highest BCUT2D eigenvalue weighted by atomic mass is 16.1. The van der Waals surface area contributed by atoms with Crippen molar-refractivity contribution in [2.45, 2.75) is 32.7 Å². The number of aryl methyl sites for hydroxylation is 1. The zero-order valence-electron chi connectivity index (χ0n) is 16.2. The summed E-state index contributed by atoms with van der Waals surface area (Å²) in [6.45, 7) is 6.55. The largest absolute Gasteiger partial charge is 0.355 e. The van der Waals surface area contributed by atoms with Crippen molar-refractivity contribution in [2.24, 2.45) is 5.92 Å². The molecule has 0 bridgehead atoms. The Kier molecular flexibility index (Phi) is 6.14. The summed E-state index contributed by atoms with van der Waals surface area (Å²) in [5.41, 5.74) is 2.26. The van der Waals surface area contributed by atoms with E-state index in [1.54, 1.807) is 0 Å². The van der Waals surface area contributed by atoms with Gasteiger partial charge in [-0.05, 0) is 45.5 Å². The molecule has 142 valence electrons. The second-order valence-corrected chi connectivity index (χ2v) is 7.41. The minimum Gasteiger partial charge on any atom is -0.355 e. The molecule has 1 N–H and O–H groups in total. The summed E-state index contributed by atoms with van der Waals surface area (Å²) in [6, 6.07) is 8.34. The highest BCUT2D eigenvalue weighted by Gasteiger charge is 2.27. The Bertz CT molecular complexity index is 731. The maximum absolute atomic E-state index is 12.4. The predicted octanol–water partition coefficient (Wildman–Crippen LogP) is 2.34. The molecule has 6 heteroatoms. The zero-order chi connectivity index (χ0) is 18.5. The van der Waals surface area contributed by atoms with Gasteiger partial charge in [-0.2, -0.15) is 0 Å². The first-order chi connectivity index (χ1) is 12.6. The van der Waals surface area contributed by atoms with Crippen LogP contribution in [0.5, 0.6) is 0 Å². The number of anilines is 1. The molecule has 0 atom stereocenters. The van der Waals surface area contributed by atoms with Gasteiger partial charge in [0.15, 0.2) is 0 Å². The Balaban J connectivity index is 1.64. The number of nitrogens with zero attached hydrogens (tertiary/aromatic N) is 4. The van der Waals surface area contributed by atoms with Gasteiger partial charge in [-0.1, -0.05) is 19.1 Å². The van der Waals surface area contributed by atoms with Crippen LogP contribution >= 0.6 is 0 Å². The number of carbonyl (C=O) groups excluding carboxylic acids is 1. The molecule has 0 unspecified atom stereocenters. The second-order valence-electron chi connectivity index (χ2n) is 7.41. The van der Waals surface area contributed by atoms with E-state index in [4.69, 9.17) is 4.98 Å². The number of hydrogen-bond donors (Lipinski definition) is 1. The fourth-order valence-corrected chi connectivity index (χ4v) is 3.64. The molecule has 1 aliphatic heterocycles. The van der Waals surface area contributed by atoms with E-state index in [0.29, 0.717) is 0 Å². The van der Waals surface area contributed by atoms with Crippen LogP contribution in [-0.2, 0) is 11.3 Å². The van der Waals surface area contributed by atoms with Gasteiger partial charge in [0.25, 0.3) is 0 Å². The number of aromatic nitrogens is 2. The summed E-state index contributed by atoms with van der Waals surface area (Å²) in [4.78, 5) is 21.7. The van der Waals surface area contributed by atoms with Crippen molar-refractivity contribution in [3.63, 3.8) is 0 Å². The molecule has 1 aromatic heterocycles. The molecule has 1 amide bonds. The fourth-order valence-electron chi connectivity index (χ4n) is 3.64. The van der Waals surface area contributed by atoms with E-state index >= 15 is 0 Å². The van der Waals surface area contributed by atoms with Crippen molar-refractivity contribution in [3.05, 3.63) is 24.3 Å². The predicted molar refractivity (Wildman–Crippen MR) is 107 cm³/mol. The molecule has 2 aromatic rings. The van der Waals surface area contributed by atoms with Crippen LogP contribution in [0, 0.1) is 5.92 Å². The van der Waals surface area contributed by atoms with Crippen LogP contribution in [0.25, 0.3) is 11.0 Å². The van der Waals surface area contributed by atoms with Crippen LogP contribution in [-0.4, -0.2) is 60.6 Å². The number of piperidine rings is 1. The van der Waals surface area contributed by atoms with E-state index in [2.05, 4.69) is 44.8 Å². The van der Waals surface area contributed by atoms with E-state index in [-0.39, 0.29) is 11.8 Å². The first kappa shape index (κ1) is 18.7. The van der Waals surface area contributed by atoms with E-state index in [0.717, 1.165) is 63.5 Å². The van der Waals surface area contributed by atoms with Crippen LogP contribution in [0.4, 0.5) is 5.95 Å². The summed E-state index contributed by atoms with van der Waals surface area (Å²) in [7, 11) is 4.04. The Hall–Kier alpha value is -2.08. The van der Waals surface area contributed by atoms with Gasteiger partial charge in [0.2, 0.25) is 11.9 Å². The van der Waals surface area contributed by atoms with Crippen molar-refractivity contribution < 1.29 is 4.79 Å². The average molecular weight is 358 g/mol. The van der Waals surface area contributed by atoms with E-state index in [1.807, 2.05) is 20.2 Å². The molecule has 0 saturated carbocycles. The lowest BCUT2D eigenvalue weighted by Crippen LogP contribution is -2.42. The minimum absolute atomic E-state index is 0.123. The minimum atomic E-state index is 0.123. The molecule has 1 aliphatic rings. The Morgan fingerprint density at radius 3 is 2.69 bits per heavy atom. The number of fused-ring (bicyclic) bond motifs is 1. The number of hydrogen-bond acceptors (Lipinski definition) is 4. The average Bonchev–Trinajstić information content (AvgIpc) is 3.00. The molecule has 26 heavy (non-hydrogen) atoms. The van der Waals surface area contributed by atoms with Crippen LogP contribution in [0.1, 0.15) is 26.2 Å². The van der Waals surface area contributed by atoms with Crippen molar-refractivity contribution in [3.8, 4) is 0 Å². The van der Waals surface area contributed by atoms with Gasteiger partial charge in [-0.25, -0.2) is 4.98 Å². The van der Waals surface area contributed by atoms with Crippen LogP contribution in [0.15, 0.2) is 24.3 Å². The summed E-state index contributed by atoms with van der Waals surface area (Å²) in [5.74, 6) is 1.38. The normalized spacial score (nSPS) is 15.8. The van der Waals surface area contributed by atoms with E-state index in [1.165, 1.54) is 5.52 Å². The lowest BCUT2D eigenvalue weighted by Gasteiger charge is -2.32. The maximum atomic E-state index is 12.4. The summed E-state index contributed by atoms with van der Waals surface area (Å²) < 4.78 is 2.33. The number of likely N-dealkylation sites (N-methyl/N-ethyl adjacent to an activating group) is 1. The zero-order valence-corrected chi connectivity index (χ0v) is 16.2. The fraction of sp³-hybridized carbons (Fsp3) is 0.600. The van der Waals surface area contributed by atoms with Gasteiger partial charge >= 0.3 is 0 Å². The molecule has 1 fully saturated rings. The Labute approximate surface area is 156 Å². The smallest absolute Gasteiger partial charge is 0.223 e. The van der Waals surface area contributed by atoms with E-state index in [9.17, 15) is 4.79 Å². The molecule has 3 rings (SSSR count). The second kappa shape index (κ2) is 8.54. The molecular weight excluding hydrogens is 326 g/mol. The first-order valence-corrected chi connectivity index (χ1v) is 9.72. The number of benzene rings is 1. The molecule has 0 spiro atoms. The number of imidazole rings is 1. The third kappa shape index (κ3) is 4.18. The monoisotopic (exact) mass is 357 g/mol. The molecule has 1 saturated heterocycles. The maximum Gasteiger partial charge on any atom is 0.223 e. The van der Waals surface area contributed by atoms with Crippen LogP contribution < -0.4 is 10.2 Å². The summed E-state index contributed by atoms with van der Waals surface area (Å²) in [5, 5.41) is 3.07. The third-order valence-electron chi connectivity index (χ3n) is 5.09. The van der Waals surface area contributed by atoms with Gasteiger partial charge in [-0.3, -0.25) is 4.79 Å². The van der Waals surface area contributed by atoms with Crippen molar-refractivity contribution >= 4 is 22.9 Å². The van der Waals surface area contributed by atoms with Gasteiger partial charge in [-0.15, -0.1) is 0 Å². The van der Waals surface area contributed by atoms with Crippen molar-refractivity contribution in [2.75, 3.05) is 45.2 Å². The number of amides is 1. The van der Waals surface area contributed by atoms with Crippen molar-refractivity contribution in [1.82, 2.24) is 19.8 Å². The first-order valence-electron chi connectivity index (χ1n) is 9.72. The topological polar surface area (TPSA) is 53.4 Å². The summed E-state index contributed by atoms with van der Waals surface area (Å²) in [6.07, 6.45) is 2.87. The molecule has 6 nitrogen and oxygen atoms in total. The molecule has 0 aliphatic carbocycles. The third-order valence-corrected chi connectivity index (χ3v) is 5.09. The van der Waals surface area contributed by atoms with Crippen molar-refractivity contribution in [1.29, 1.82) is 0 Å².